The highest BCUT2D eigenvalue weighted by Gasteiger charge is 2.16. The molecule has 0 heterocycles. The molecule has 0 unspecified atom stereocenters. The van der Waals surface area contributed by atoms with Crippen molar-refractivity contribution in [2.75, 3.05) is 0 Å². The summed E-state index contributed by atoms with van der Waals surface area (Å²) < 4.78 is 5.48. The predicted molar refractivity (Wildman–Crippen MR) is 102 cm³/mol. The normalized spacial score (nSPS) is 14.4. The lowest BCUT2D eigenvalue weighted by atomic mass is 10.0. The highest BCUT2D eigenvalue weighted by Crippen LogP contribution is 2.23. The number of hydrazone groups is 1. The van der Waals surface area contributed by atoms with Crippen molar-refractivity contribution in [2.24, 2.45) is 5.10 Å². The molecule has 7 heteroatoms. The van der Waals surface area contributed by atoms with Crippen LogP contribution < -0.4 is 10.2 Å². The monoisotopic (exact) mass is 367 g/mol. The SMILES string of the molecule is C/C(=N\NC(=O)[C@H](C)Oc1cccc([N+](=O)[O-])c1)c1ccc2c(c1)CCC2. The largest absolute Gasteiger partial charge is 0.481 e. The number of amides is 1. The summed E-state index contributed by atoms with van der Waals surface area (Å²) in [6.45, 7) is 3.40. The number of nitrogens with zero attached hydrogens (tertiary/aromatic N) is 2. The van der Waals surface area contributed by atoms with Gasteiger partial charge in [0.15, 0.2) is 6.10 Å². The van der Waals surface area contributed by atoms with Crippen LogP contribution in [0.2, 0.25) is 0 Å². The molecule has 0 radical (unpaired) electrons. The van der Waals surface area contributed by atoms with Crippen LogP contribution in [0.5, 0.6) is 5.75 Å². The zero-order valence-corrected chi connectivity index (χ0v) is 15.3. The van der Waals surface area contributed by atoms with Gasteiger partial charge in [0.1, 0.15) is 5.75 Å². The molecule has 2 aromatic carbocycles. The van der Waals surface area contributed by atoms with E-state index in [2.05, 4.69) is 22.7 Å². The van der Waals surface area contributed by atoms with Crippen LogP contribution in [-0.4, -0.2) is 22.6 Å². The minimum atomic E-state index is -0.844. The summed E-state index contributed by atoms with van der Waals surface area (Å²) in [5.41, 5.74) is 6.82. The smallest absolute Gasteiger partial charge is 0.280 e. The van der Waals surface area contributed by atoms with Crippen molar-refractivity contribution >= 4 is 17.3 Å². The first-order valence-corrected chi connectivity index (χ1v) is 8.81. The summed E-state index contributed by atoms with van der Waals surface area (Å²) in [5, 5.41) is 15.0. The van der Waals surface area contributed by atoms with Crippen molar-refractivity contribution in [1.82, 2.24) is 5.43 Å². The first-order valence-electron chi connectivity index (χ1n) is 8.81. The van der Waals surface area contributed by atoms with E-state index in [1.165, 1.54) is 35.7 Å². The zero-order chi connectivity index (χ0) is 19.4. The Morgan fingerprint density at radius 1 is 1.22 bits per heavy atom. The number of aryl methyl sites for hydroxylation is 2. The highest BCUT2D eigenvalue weighted by molar-refractivity contribution is 5.99. The average Bonchev–Trinajstić information content (AvgIpc) is 3.13. The number of nitrogens with one attached hydrogen (secondary N) is 1. The Balaban J connectivity index is 1.61. The Morgan fingerprint density at radius 2 is 2.00 bits per heavy atom. The fourth-order valence-corrected chi connectivity index (χ4v) is 3.02. The topological polar surface area (TPSA) is 93.8 Å². The zero-order valence-electron chi connectivity index (χ0n) is 15.3. The molecular formula is C20H21N3O4. The molecule has 0 saturated carbocycles. The van der Waals surface area contributed by atoms with E-state index in [0.717, 1.165) is 18.4 Å². The second kappa shape index (κ2) is 7.99. The number of benzene rings is 2. The molecule has 7 nitrogen and oxygen atoms in total. The van der Waals surface area contributed by atoms with E-state index < -0.39 is 16.9 Å². The number of hydrogen-bond donors (Lipinski definition) is 1. The van der Waals surface area contributed by atoms with E-state index in [1.54, 1.807) is 13.0 Å². The number of nitro groups is 1. The van der Waals surface area contributed by atoms with Crippen LogP contribution >= 0.6 is 0 Å². The fraction of sp³-hybridized carbons (Fsp3) is 0.300. The minimum absolute atomic E-state index is 0.0921. The van der Waals surface area contributed by atoms with Crippen molar-refractivity contribution in [3.63, 3.8) is 0 Å². The lowest BCUT2D eigenvalue weighted by Crippen LogP contribution is -2.33. The molecule has 1 N–H and O–H groups in total. The van der Waals surface area contributed by atoms with Gasteiger partial charge in [0.05, 0.1) is 16.7 Å². The molecule has 2 aromatic rings. The summed E-state index contributed by atoms with van der Waals surface area (Å²) in [6.07, 6.45) is 2.54. The summed E-state index contributed by atoms with van der Waals surface area (Å²) in [4.78, 5) is 22.5. The Kier molecular flexibility index (Phi) is 5.49. The van der Waals surface area contributed by atoms with Crippen LogP contribution in [0.15, 0.2) is 47.6 Å². The van der Waals surface area contributed by atoms with Gasteiger partial charge >= 0.3 is 0 Å². The molecule has 0 spiro atoms. The van der Waals surface area contributed by atoms with Crippen LogP contribution in [0.4, 0.5) is 5.69 Å². The molecule has 1 aliphatic rings. The molecule has 0 saturated heterocycles. The summed E-state index contributed by atoms with van der Waals surface area (Å²) in [5.74, 6) is -0.173. The number of ether oxygens (including phenoxy) is 1. The van der Waals surface area contributed by atoms with Crippen molar-refractivity contribution in [1.29, 1.82) is 0 Å². The van der Waals surface area contributed by atoms with Crippen LogP contribution in [-0.2, 0) is 17.6 Å². The maximum Gasteiger partial charge on any atom is 0.280 e. The molecule has 0 aromatic heterocycles. The number of carbonyl (C=O) groups is 1. The van der Waals surface area contributed by atoms with Gasteiger partial charge in [-0.25, -0.2) is 5.43 Å². The number of non-ortho nitro benzene ring substituents is 1. The molecule has 1 amide bonds. The van der Waals surface area contributed by atoms with Gasteiger partial charge < -0.3 is 4.74 Å². The third kappa shape index (κ3) is 4.49. The Labute approximate surface area is 157 Å². The molecular weight excluding hydrogens is 346 g/mol. The van der Waals surface area contributed by atoms with Gasteiger partial charge in [0.25, 0.3) is 11.6 Å². The molecule has 1 atom stereocenters. The van der Waals surface area contributed by atoms with E-state index in [1.807, 2.05) is 13.0 Å². The number of fused-ring (bicyclic) bond motifs is 1. The van der Waals surface area contributed by atoms with Gasteiger partial charge in [-0.3, -0.25) is 14.9 Å². The fourth-order valence-electron chi connectivity index (χ4n) is 3.02. The third-order valence-electron chi connectivity index (χ3n) is 4.56. The lowest BCUT2D eigenvalue weighted by Gasteiger charge is -2.13. The van der Waals surface area contributed by atoms with Gasteiger partial charge in [0, 0.05) is 6.07 Å². The average molecular weight is 367 g/mol. The second-order valence-electron chi connectivity index (χ2n) is 6.52. The van der Waals surface area contributed by atoms with E-state index >= 15 is 0 Å². The highest BCUT2D eigenvalue weighted by atomic mass is 16.6. The predicted octanol–water partition coefficient (Wildman–Crippen LogP) is 3.39. The Hall–Kier alpha value is -3.22. The van der Waals surface area contributed by atoms with Gasteiger partial charge in [0.2, 0.25) is 0 Å². The van der Waals surface area contributed by atoms with E-state index in [0.29, 0.717) is 5.71 Å². The number of hydrogen-bond acceptors (Lipinski definition) is 5. The van der Waals surface area contributed by atoms with Crippen molar-refractivity contribution < 1.29 is 14.5 Å². The third-order valence-corrected chi connectivity index (χ3v) is 4.56. The Morgan fingerprint density at radius 3 is 2.78 bits per heavy atom. The number of rotatable bonds is 6. The quantitative estimate of drug-likeness (QED) is 0.481. The first kappa shape index (κ1) is 18.6. The number of carbonyl (C=O) groups excluding carboxylic acids is 1. The van der Waals surface area contributed by atoms with Gasteiger partial charge in [-0.1, -0.05) is 18.2 Å². The van der Waals surface area contributed by atoms with Gasteiger partial charge in [-0.2, -0.15) is 5.10 Å². The molecule has 27 heavy (non-hydrogen) atoms. The first-order chi connectivity index (χ1) is 12.9. The van der Waals surface area contributed by atoms with E-state index in [-0.39, 0.29) is 11.4 Å². The van der Waals surface area contributed by atoms with Crippen molar-refractivity contribution in [3.8, 4) is 5.75 Å². The van der Waals surface area contributed by atoms with Crippen molar-refractivity contribution in [2.45, 2.75) is 39.2 Å². The minimum Gasteiger partial charge on any atom is -0.481 e. The Bertz CT molecular complexity index is 908. The van der Waals surface area contributed by atoms with Crippen LogP contribution in [0.25, 0.3) is 0 Å². The van der Waals surface area contributed by atoms with Crippen molar-refractivity contribution in [3.05, 3.63) is 69.3 Å². The van der Waals surface area contributed by atoms with Crippen LogP contribution in [0.3, 0.4) is 0 Å². The molecule has 0 bridgehead atoms. The lowest BCUT2D eigenvalue weighted by molar-refractivity contribution is -0.384. The van der Waals surface area contributed by atoms with E-state index in [9.17, 15) is 14.9 Å². The van der Waals surface area contributed by atoms with Gasteiger partial charge in [-0.05, 0) is 61.9 Å². The molecule has 1 aliphatic carbocycles. The molecule has 0 aliphatic heterocycles. The van der Waals surface area contributed by atoms with E-state index in [4.69, 9.17) is 4.74 Å². The molecule has 140 valence electrons. The summed E-state index contributed by atoms with van der Waals surface area (Å²) in [7, 11) is 0. The maximum absolute atomic E-state index is 12.2. The summed E-state index contributed by atoms with van der Waals surface area (Å²) in [6, 6.07) is 12.0. The summed E-state index contributed by atoms with van der Waals surface area (Å²) >= 11 is 0. The van der Waals surface area contributed by atoms with Gasteiger partial charge in [-0.15, -0.1) is 0 Å². The van der Waals surface area contributed by atoms with Crippen LogP contribution in [0.1, 0.15) is 37.0 Å². The number of nitro benzene ring substituents is 1. The standard InChI is InChI=1S/C20H21N3O4/c1-13(16-10-9-15-5-3-6-17(15)11-16)21-22-20(24)14(2)27-19-8-4-7-18(12-19)23(25)26/h4,7-12,14H,3,5-6H2,1-2H3,(H,22,24)/b21-13+/t14-/m0/s1. The maximum atomic E-state index is 12.2. The second-order valence-corrected chi connectivity index (χ2v) is 6.52. The molecule has 0 fully saturated rings. The van der Waals surface area contributed by atoms with Crippen LogP contribution in [0, 0.1) is 10.1 Å². The molecule has 3 rings (SSSR count).